The van der Waals surface area contributed by atoms with E-state index in [1.54, 1.807) is 13.1 Å². The van der Waals surface area contributed by atoms with Crippen LogP contribution in [0.25, 0.3) is 0 Å². The number of hydrogen-bond acceptors (Lipinski definition) is 7. The summed E-state index contributed by atoms with van der Waals surface area (Å²) in [6.07, 6.45) is 1.72. The quantitative estimate of drug-likeness (QED) is 0.636. The molecular weight excluding hydrogens is 284 g/mol. The van der Waals surface area contributed by atoms with Crippen LogP contribution in [0.2, 0.25) is 0 Å². The molecule has 22 heavy (non-hydrogen) atoms. The van der Waals surface area contributed by atoms with Crippen LogP contribution in [0.5, 0.6) is 0 Å². The first-order chi connectivity index (χ1) is 10.6. The topological polar surface area (TPSA) is 110 Å². The van der Waals surface area contributed by atoms with E-state index in [4.69, 9.17) is 16.3 Å². The van der Waals surface area contributed by atoms with Crippen molar-refractivity contribution < 1.29 is 9.63 Å². The van der Waals surface area contributed by atoms with Crippen molar-refractivity contribution in [2.24, 2.45) is 5.73 Å². The number of hydroxylamine groups is 2. The Balaban J connectivity index is 2.20. The van der Waals surface area contributed by atoms with E-state index in [9.17, 15) is 4.79 Å². The molecule has 5 N–H and O–H groups in total. The van der Waals surface area contributed by atoms with Crippen molar-refractivity contribution in [2.45, 2.75) is 18.9 Å². The van der Waals surface area contributed by atoms with Crippen LogP contribution in [0, 0.1) is 0 Å². The zero-order valence-corrected chi connectivity index (χ0v) is 13.1. The predicted octanol–water partition coefficient (Wildman–Crippen LogP) is 0.0230. The smallest absolute Gasteiger partial charge is 0.268 e. The fraction of sp³-hybridized carbons (Fsp3) is 0.571. The molecular formula is C14H24N6O2. The standard InChI is InChI=1S/C14H24N6O2/c1-19(22-2)14(21)11-4-3-9-20(11)12-6-5-10(16)13(18-12)17-8-7-15/h5-6,11H,3-4,7-9,15-16H2,1-2H3,(H,17,18). The Morgan fingerprint density at radius 2 is 2.36 bits per heavy atom. The van der Waals surface area contributed by atoms with Gasteiger partial charge in [0.15, 0.2) is 5.82 Å². The zero-order valence-electron chi connectivity index (χ0n) is 13.1. The number of pyridine rings is 1. The molecule has 8 nitrogen and oxygen atoms in total. The van der Waals surface area contributed by atoms with Gasteiger partial charge in [-0.15, -0.1) is 0 Å². The summed E-state index contributed by atoms with van der Waals surface area (Å²) in [6, 6.07) is 3.37. The van der Waals surface area contributed by atoms with Crippen molar-refractivity contribution >= 4 is 23.2 Å². The summed E-state index contributed by atoms with van der Waals surface area (Å²) in [5, 5.41) is 4.35. The average Bonchev–Trinajstić information content (AvgIpc) is 3.02. The molecule has 0 bridgehead atoms. The monoisotopic (exact) mass is 308 g/mol. The lowest BCUT2D eigenvalue weighted by atomic mass is 10.2. The largest absolute Gasteiger partial charge is 0.396 e. The number of nitrogens with one attached hydrogen (secondary N) is 1. The summed E-state index contributed by atoms with van der Waals surface area (Å²) < 4.78 is 0. The number of rotatable bonds is 6. The molecule has 1 unspecified atom stereocenters. The van der Waals surface area contributed by atoms with Crippen molar-refractivity contribution in [1.82, 2.24) is 10.0 Å². The van der Waals surface area contributed by atoms with Gasteiger partial charge < -0.3 is 21.7 Å². The molecule has 0 aromatic carbocycles. The Labute approximate surface area is 130 Å². The number of nitrogens with zero attached hydrogens (tertiary/aromatic N) is 3. The fourth-order valence-corrected chi connectivity index (χ4v) is 2.55. The van der Waals surface area contributed by atoms with E-state index < -0.39 is 0 Å². The van der Waals surface area contributed by atoms with Gasteiger partial charge in [-0.2, -0.15) is 0 Å². The van der Waals surface area contributed by atoms with Crippen LogP contribution >= 0.6 is 0 Å². The molecule has 1 fully saturated rings. The van der Waals surface area contributed by atoms with Crippen LogP contribution in [0.4, 0.5) is 17.3 Å². The first-order valence-corrected chi connectivity index (χ1v) is 7.37. The third kappa shape index (κ3) is 3.40. The first-order valence-electron chi connectivity index (χ1n) is 7.37. The Hall–Kier alpha value is -2.06. The van der Waals surface area contributed by atoms with Gasteiger partial charge in [0.1, 0.15) is 11.9 Å². The molecule has 8 heteroatoms. The van der Waals surface area contributed by atoms with Crippen LogP contribution in [0.3, 0.4) is 0 Å². The summed E-state index contributed by atoms with van der Waals surface area (Å²) in [5.41, 5.74) is 12.0. The van der Waals surface area contributed by atoms with E-state index in [1.807, 2.05) is 11.0 Å². The lowest BCUT2D eigenvalue weighted by Crippen LogP contribution is -2.44. The highest BCUT2D eigenvalue weighted by atomic mass is 16.7. The highest BCUT2D eigenvalue weighted by Gasteiger charge is 2.34. The van der Waals surface area contributed by atoms with Gasteiger partial charge in [0.25, 0.3) is 5.91 Å². The molecule has 1 aliphatic heterocycles. The van der Waals surface area contributed by atoms with Crippen LogP contribution in [-0.4, -0.2) is 55.8 Å². The van der Waals surface area contributed by atoms with Gasteiger partial charge in [-0.05, 0) is 25.0 Å². The summed E-state index contributed by atoms with van der Waals surface area (Å²) in [4.78, 5) is 23.9. The maximum atomic E-state index is 12.4. The number of carbonyl (C=O) groups is 1. The summed E-state index contributed by atoms with van der Waals surface area (Å²) in [5.74, 6) is 1.25. The number of carbonyl (C=O) groups excluding carboxylic acids is 1. The van der Waals surface area contributed by atoms with E-state index >= 15 is 0 Å². The van der Waals surface area contributed by atoms with Crippen LogP contribution in [0.15, 0.2) is 12.1 Å². The molecule has 0 radical (unpaired) electrons. The van der Waals surface area contributed by atoms with Crippen molar-refractivity contribution in [1.29, 1.82) is 0 Å². The lowest BCUT2D eigenvalue weighted by Gasteiger charge is -2.28. The molecule has 122 valence electrons. The molecule has 1 aliphatic rings. The molecule has 1 atom stereocenters. The number of aromatic nitrogens is 1. The van der Waals surface area contributed by atoms with Gasteiger partial charge >= 0.3 is 0 Å². The molecule has 2 rings (SSSR count). The average molecular weight is 308 g/mol. The molecule has 0 spiro atoms. The zero-order chi connectivity index (χ0) is 16.1. The maximum Gasteiger partial charge on any atom is 0.268 e. The molecule has 1 amide bonds. The van der Waals surface area contributed by atoms with Gasteiger partial charge in [-0.1, -0.05) is 0 Å². The van der Waals surface area contributed by atoms with Crippen LogP contribution < -0.4 is 21.7 Å². The van der Waals surface area contributed by atoms with E-state index in [1.165, 1.54) is 12.2 Å². The third-order valence-electron chi connectivity index (χ3n) is 3.76. The van der Waals surface area contributed by atoms with E-state index in [0.29, 0.717) is 24.6 Å². The molecule has 2 heterocycles. The first kappa shape index (κ1) is 16.3. The minimum Gasteiger partial charge on any atom is -0.396 e. The van der Waals surface area contributed by atoms with Gasteiger partial charge in [0.05, 0.1) is 12.8 Å². The van der Waals surface area contributed by atoms with Gasteiger partial charge in [0, 0.05) is 26.7 Å². The maximum absolute atomic E-state index is 12.4. The highest BCUT2D eigenvalue weighted by molar-refractivity contribution is 5.85. The Bertz CT molecular complexity index is 524. The number of amides is 1. The number of anilines is 3. The SMILES string of the molecule is CON(C)C(=O)C1CCCN1c1ccc(N)c(NCCN)n1. The van der Waals surface area contributed by atoms with Crippen LogP contribution in [0.1, 0.15) is 12.8 Å². The number of hydrogen-bond donors (Lipinski definition) is 3. The third-order valence-corrected chi connectivity index (χ3v) is 3.76. The second-order valence-corrected chi connectivity index (χ2v) is 5.19. The minimum absolute atomic E-state index is 0.0740. The van der Waals surface area contributed by atoms with E-state index in [-0.39, 0.29) is 11.9 Å². The van der Waals surface area contributed by atoms with Gasteiger partial charge in [-0.3, -0.25) is 9.63 Å². The molecule has 1 aromatic heterocycles. The molecule has 1 aromatic rings. The Kier molecular flexibility index (Phi) is 5.40. The second-order valence-electron chi connectivity index (χ2n) is 5.19. The predicted molar refractivity (Wildman–Crippen MR) is 86.3 cm³/mol. The molecule has 0 aliphatic carbocycles. The van der Waals surface area contributed by atoms with Gasteiger partial charge in [-0.25, -0.2) is 10.0 Å². The number of likely N-dealkylation sites (N-methyl/N-ethyl adjacent to an activating group) is 1. The van der Waals surface area contributed by atoms with E-state index in [0.717, 1.165) is 25.2 Å². The number of nitrogen functional groups attached to an aromatic ring is 1. The van der Waals surface area contributed by atoms with Crippen molar-refractivity contribution in [3.63, 3.8) is 0 Å². The Morgan fingerprint density at radius 3 is 3.05 bits per heavy atom. The minimum atomic E-state index is -0.261. The fourth-order valence-electron chi connectivity index (χ4n) is 2.55. The van der Waals surface area contributed by atoms with Crippen LogP contribution in [-0.2, 0) is 9.63 Å². The second kappa shape index (κ2) is 7.28. The lowest BCUT2D eigenvalue weighted by molar-refractivity contribution is -0.169. The highest BCUT2D eigenvalue weighted by Crippen LogP contribution is 2.28. The summed E-state index contributed by atoms with van der Waals surface area (Å²) >= 11 is 0. The molecule has 1 saturated heterocycles. The summed E-state index contributed by atoms with van der Waals surface area (Å²) in [7, 11) is 3.09. The normalized spacial score (nSPS) is 17.6. The van der Waals surface area contributed by atoms with Gasteiger partial charge in [0.2, 0.25) is 0 Å². The summed E-state index contributed by atoms with van der Waals surface area (Å²) in [6.45, 7) is 1.87. The molecule has 0 saturated carbocycles. The van der Waals surface area contributed by atoms with Crippen molar-refractivity contribution in [2.75, 3.05) is 49.7 Å². The number of nitrogens with two attached hydrogens (primary N) is 2. The Morgan fingerprint density at radius 1 is 1.59 bits per heavy atom. The van der Waals surface area contributed by atoms with E-state index in [2.05, 4.69) is 10.3 Å². The van der Waals surface area contributed by atoms with Crippen molar-refractivity contribution in [3.05, 3.63) is 12.1 Å². The van der Waals surface area contributed by atoms with Crippen molar-refractivity contribution in [3.8, 4) is 0 Å².